The lowest BCUT2D eigenvalue weighted by molar-refractivity contribution is -0.131. The first kappa shape index (κ1) is 19.9. The monoisotopic (exact) mass is 398 g/mol. The Balaban J connectivity index is 1.30. The summed E-state index contributed by atoms with van der Waals surface area (Å²) in [7, 11) is 1.32. The number of anilines is 1. The fourth-order valence-corrected chi connectivity index (χ4v) is 6.28. The van der Waals surface area contributed by atoms with Gasteiger partial charge in [-0.1, -0.05) is 6.07 Å². The van der Waals surface area contributed by atoms with Crippen molar-refractivity contribution >= 4 is 23.5 Å². The Kier molecular flexibility index (Phi) is 5.36. The molecule has 4 bridgehead atoms. The van der Waals surface area contributed by atoms with Gasteiger partial charge in [-0.3, -0.25) is 9.59 Å². The van der Waals surface area contributed by atoms with Gasteiger partial charge in [0.05, 0.1) is 19.2 Å². The average molecular weight is 399 g/mol. The van der Waals surface area contributed by atoms with Crippen molar-refractivity contribution < 1.29 is 19.1 Å². The molecule has 5 rings (SSSR count). The van der Waals surface area contributed by atoms with Crippen molar-refractivity contribution in [3.8, 4) is 0 Å². The highest BCUT2D eigenvalue weighted by molar-refractivity contribution is 5.97. The summed E-state index contributed by atoms with van der Waals surface area (Å²) in [5.74, 6) is 1.65. The Labute approximate surface area is 171 Å². The van der Waals surface area contributed by atoms with Crippen molar-refractivity contribution in [2.45, 2.75) is 51.9 Å². The lowest BCUT2D eigenvalue weighted by Crippen LogP contribution is -2.48. The van der Waals surface area contributed by atoms with Gasteiger partial charge >= 0.3 is 5.97 Å². The number of aryl methyl sites for hydroxylation is 1. The van der Waals surface area contributed by atoms with Gasteiger partial charge in [-0.05, 0) is 86.3 Å². The Morgan fingerprint density at radius 1 is 1.03 bits per heavy atom. The first-order valence-corrected chi connectivity index (χ1v) is 10.6. The first-order chi connectivity index (χ1) is 13.9. The highest BCUT2D eigenvalue weighted by Crippen LogP contribution is 2.61. The molecule has 0 aliphatic heterocycles. The number of rotatable bonds is 6. The van der Waals surface area contributed by atoms with Crippen molar-refractivity contribution in [2.75, 3.05) is 19.0 Å². The molecule has 1 aromatic rings. The highest BCUT2D eigenvalue weighted by atomic mass is 16.5. The van der Waals surface area contributed by atoms with Crippen LogP contribution in [0.25, 0.3) is 0 Å². The number of nitrogens with one attached hydrogen (secondary N) is 2. The summed E-state index contributed by atoms with van der Waals surface area (Å²) in [5.41, 5.74) is 1.93. The van der Waals surface area contributed by atoms with Gasteiger partial charge in [0.25, 0.3) is 0 Å². The lowest BCUT2D eigenvalue weighted by Gasteiger charge is -2.56. The molecular weight excluding hydrogens is 368 g/mol. The minimum atomic E-state index is -0.454. The number of methoxy groups -OCH3 is 1. The van der Waals surface area contributed by atoms with E-state index in [1.54, 1.807) is 18.2 Å². The minimum absolute atomic E-state index is 0.0258. The van der Waals surface area contributed by atoms with Gasteiger partial charge in [0.2, 0.25) is 11.8 Å². The summed E-state index contributed by atoms with van der Waals surface area (Å²) in [6.45, 7) is 1.79. The van der Waals surface area contributed by atoms with Gasteiger partial charge < -0.3 is 15.4 Å². The second-order valence-corrected chi connectivity index (χ2v) is 9.44. The molecule has 6 heteroatoms. The first-order valence-electron chi connectivity index (χ1n) is 10.6. The minimum Gasteiger partial charge on any atom is -0.465 e. The zero-order valence-corrected chi connectivity index (χ0v) is 17.3. The quantitative estimate of drug-likeness (QED) is 0.719. The molecule has 2 amide bonds. The van der Waals surface area contributed by atoms with E-state index in [-0.39, 0.29) is 23.8 Å². The SMILES string of the molecule is COC(=O)c1ccc(C)c(NC(=O)CNC(=O)CC23CC4CC(CC(C4)C2)C3)c1. The van der Waals surface area contributed by atoms with Gasteiger partial charge in [-0.25, -0.2) is 4.79 Å². The molecule has 0 heterocycles. The fourth-order valence-electron chi connectivity index (χ4n) is 6.28. The number of esters is 1. The number of benzene rings is 1. The second-order valence-electron chi connectivity index (χ2n) is 9.44. The van der Waals surface area contributed by atoms with E-state index >= 15 is 0 Å². The van der Waals surface area contributed by atoms with Crippen LogP contribution < -0.4 is 10.6 Å². The fraction of sp³-hybridized carbons (Fsp3) is 0.609. The van der Waals surface area contributed by atoms with E-state index in [9.17, 15) is 14.4 Å². The van der Waals surface area contributed by atoms with Crippen LogP contribution >= 0.6 is 0 Å². The van der Waals surface area contributed by atoms with E-state index in [0.29, 0.717) is 17.7 Å². The highest BCUT2D eigenvalue weighted by Gasteiger charge is 2.51. The molecule has 156 valence electrons. The molecule has 0 unspecified atom stereocenters. The number of hydrogen-bond donors (Lipinski definition) is 2. The Bertz CT molecular complexity index is 797. The van der Waals surface area contributed by atoms with Crippen LogP contribution in [0.3, 0.4) is 0 Å². The maximum absolute atomic E-state index is 12.6. The molecule has 4 aliphatic carbocycles. The molecular formula is C23H30N2O4. The predicted molar refractivity (Wildman–Crippen MR) is 109 cm³/mol. The van der Waals surface area contributed by atoms with E-state index < -0.39 is 5.97 Å². The van der Waals surface area contributed by atoms with E-state index in [1.165, 1.54) is 45.6 Å². The summed E-state index contributed by atoms with van der Waals surface area (Å²) in [5, 5.41) is 5.59. The molecule has 2 N–H and O–H groups in total. The van der Waals surface area contributed by atoms with E-state index in [0.717, 1.165) is 23.3 Å². The van der Waals surface area contributed by atoms with Crippen molar-refractivity contribution in [1.82, 2.24) is 5.32 Å². The number of hydrogen-bond acceptors (Lipinski definition) is 4. The number of carbonyl (C=O) groups is 3. The van der Waals surface area contributed by atoms with Crippen LogP contribution in [-0.4, -0.2) is 31.4 Å². The van der Waals surface area contributed by atoms with E-state index in [1.807, 2.05) is 6.92 Å². The van der Waals surface area contributed by atoms with Crippen molar-refractivity contribution in [3.05, 3.63) is 29.3 Å². The molecule has 29 heavy (non-hydrogen) atoms. The third-order valence-electron chi connectivity index (χ3n) is 7.08. The number of ether oxygens (including phenoxy) is 1. The Morgan fingerprint density at radius 3 is 2.24 bits per heavy atom. The van der Waals surface area contributed by atoms with Gasteiger partial charge in [0, 0.05) is 12.1 Å². The molecule has 1 aromatic carbocycles. The maximum Gasteiger partial charge on any atom is 0.337 e. The standard InChI is InChI=1S/C23H30N2O4/c1-14-3-4-18(22(28)29-2)8-19(14)25-21(27)13-24-20(26)12-23-9-15-5-16(10-23)7-17(6-15)11-23/h3-4,8,15-17H,5-7,9-13H2,1-2H3,(H,24,26)(H,25,27). The van der Waals surface area contributed by atoms with Crippen LogP contribution in [-0.2, 0) is 14.3 Å². The molecule has 0 saturated heterocycles. The van der Waals surface area contributed by atoms with Crippen molar-refractivity contribution in [3.63, 3.8) is 0 Å². The summed E-state index contributed by atoms with van der Waals surface area (Å²) >= 11 is 0. The number of carbonyl (C=O) groups excluding carboxylic acids is 3. The molecule has 4 saturated carbocycles. The van der Waals surface area contributed by atoms with Crippen molar-refractivity contribution in [2.24, 2.45) is 23.2 Å². The smallest absolute Gasteiger partial charge is 0.337 e. The zero-order chi connectivity index (χ0) is 20.6. The topological polar surface area (TPSA) is 84.5 Å². The summed E-state index contributed by atoms with van der Waals surface area (Å²) in [6, 6.07) is 5.01. The molecule has 4 aliphatic rings. The van der Waals surface area contributed by atoms with Gasteiger partial charge in [0.15, 0.2) is 0 Å². The van der Waals surface area contributed by atoms with Crippen LogP contribution in [0, 0.1) is 30.1 Å². The largest absolute Gasteiger partial charge is 0.465 e. The molecule has 4 fully saturated rings. The maximum atomic E-state index is 12.6. The van der Waals surface area contributed by atoms with Crippen LogP contribution in [0.15, 0.2) is 18.2 Å². The zero-order valence-electron chi connectivity index (χ0n) is 17.3. The van der Waals surface area contributed by atoms with Gasteiger partial charge in [-0.15, -0.1) is 0 Å². The van der Waals surface area contributed by atoms with Crippen LogP contribution in [0.1, 0.15) is 60.9 Å². The van der Waals surface area contributed by atoms with E-state index in [4.69, 9.17) is 4.74 Å². The molecule has 0 aromatic heterocycles. The van der Waals surface area contributed by atoms with Crippen LogP contribution in [0.4, 0.5) is 5.69 Å². The summed E-state index contributed by atoms with van der Waals surface area (Å²) in [4.78, 5) is 36.6. The predicted octanol–water partition coefficient (Wildman–Crippen LogP) is 3.44. The van der Waals surface area contributed by atoms with Crippen LogP contribution in [0.2, 0.25) is 0 Å². The second kappa shape index (κ2) is 7.81. The molecule has 6 nitrogen and oxygen atoms in total. The Hall–Kier alpha value is -2.37. The van der Waals surface area contributed by atoms with E-state index in [2.05, 4.69) is 10.6 Å². The third-order valence-corrected chi connectivity index (χ3v) is 7.08. The number of amides is 2. The van der Waals surface area contributed by atoms with Crippen LogP contribution in [0.5, 0.6) is 0 Å². The molecule has 0 atom stereocenters. The lowest BCUT2D eigenvalue weighted by atomic mass is 9.49. The molecule has 0 radical (unpaired) electrons. The molecule has 0 spiro atoms. The van der Waals surface area contributed by atoms with Gasteiger partial charge in [-0.2, -0.15) is 0 Å². The third kappa shape index (κ3) is 4.31. The normalized spacial score (nSPS) is 29.4. The summed E-state index contributed by atoms with van der Waals surface area (Å²) < 4.78 is 4.72. The van der Waals surface area contributed by atoms with Crippen molar-refractivity contribution in [1.29, 1.82) is 0 Å². The van der Waals surface area contributed by atoms with Gasteiger partial charge in [0.1, 0.15) is 0 Å². The summed E-state index contributed by atoms with van der Waals surface area (Å²) in [6.07, 6.45) is 8.14. The average Bonchev–Trinajstić information content (AvgIpc) is 2.66. The Morgan fingerprint density at radius 2 is 1.66 bits per heavy atom.